The summed E-state index contributed by atoms with van der Waals surface area (Å²) in [6, 6.07) is 8.73. The van der Waals surface area contributed by atoms with E-state index >= 15 is 0 Å². The van der Waals surface area contributed by atoms with Gasteiger partial charge in [-0.2, -0.15) is 0 Å². The van der Waals surface area contributed by atoms with Crippen molar-refractivity contribution in [3.05, 3.63) is 46.0 Å². The fraction of sp³-hybridized carbons (Fsp3) is 0. The van der Waals surface area contributed by atoms with Gasteiger partial charge in [-0.15, -0.1) is 0 Å². The first-order valence-electron chi connectivity index (χ1n) is 4.49. The van der Waals surface area contributed by atoms with Gasteiger partial charge >= 0.3 is 0 Å². The molecule has 0 saturated carbocycles. The summed E-state index contributed by atoms with van der Waals surface area (Å²) in [6.07, 6.45) is 1.52. The number of rotatable bonds is 2. The predicted octanol–water partition coefficient (Wildman–Crippen LogP) is 3.87. The van der Waals surface area contributed by atoms with Crippen molar-refractivity contribution < 1.29 is 4.74 Å². The number of nitrogens with two attached hydrogens (primary N) is 1. The molecule has 2 aromatic rings. The molecule has 82 valence electrons. The van der Waals surface area contributed by atoms with E-state index in [1.165, 1.54) is 6.20 Å². The van der Waals surface area contributed by atoms with Crippen LogP contribution >= 0.6 is 27.5 Å². The Bertz CT molecular complexity index is 502. The highest BCUT2D eigenvalue weighted by molar-refractivity contribution is 9.10. The van der Waals surface area contributed by atoms with Crippen molar-refractivity contribution in [2.24, 2.45) is 0 Å². The van der Waals surface area contributed by atoms with Crippen LogP contribution in [0.15, 0.2) is 41.0 Å². The molecule has 1 aromatic carbocycles. The molecule has 0 amide bonds. The number of benzene rings is 1. The molecule has 3 nitrogen and oxygen atoms in total. The second-order valence-corrected chi connectivity index (χ2v) is 4.40. The van der Waals surface area contributed by atoms with Crippen LogP contribution in [0.2, 0.25) is 5.02 Å². The van der Waals surface area contributed by atoms with E-state index in [1.807, 2.05) is 6.07 Å². The van der Waals surface area contributed by atoms with E-state index in [9.17, 15) is 0 Å². The molecule has 2 N–H and O–H groups in total. The minimum atomic E-state index is 0.468. The first kappa shape index (κ1) is 11.2. The molecule has 0 aliphatic carbocycles. The van der Waals surface area contributed by atoms with Crippen molar-refractivity contribution in [3.8, 4) is 11.6 Å². The lowest BCUT2D eigenvalue weighted by molar-refractivity contribution is 0.460. The third kappa shape index (κ3) is 2.65. The Balaban J connectivity index is 2.26. The lowest BCUT2D eigenvalue weighted by Gasteiger charge is -2.07. The summed E-state index contributed by atoms with van der Waals surface area (Å²) in [6.45, 7) is 0. The summed E-state index contributed by atoms with van der Waals surface area (Å²) in [5.41, 5.74) is 6.29. The normalized spacial score (nSPS) is 10.1. The molecule has 0 unspecified atom stereocenters. The first-order valence-corrected chi connectivity index (χ1v) is 5.67. The van der Waals surface area contributed by atoms with Gasteiger partial charge in [0.25, 0.3) is 0 Å². The summed E-state index contributed by atoms with van der Waals surface area (Å²) < 4.78 is 6.37. The van der Waals surface area contributed by atoms with Crippen LogP contribution in [0.5, 0.6) is 11.6 Å². The molecule has 0 bridgehead atoms. The molecule has 0 aliphatic rings. The Morgan fingerprint density at radius 1 is 1.25 bits per heavy atom. The minimum Gasteiger partial charge on any atom is -0.438 e. The first-order chi connectivity index (χ1) is 7.65. The monoisotopic (exact) mass is 298 g/mol. The predicted molar refractivity (Wildman–Crippen MR) is 67.9 cm³/mol. The van der Waals surface area contributed by atoms with Crippen LogP contribution in [0.25, 0.3) is 0 Å². The van der Waals surface area contributed by atoms with Crippen molar-refractivity contribution >= 4 is 33.2 Å². The molecule has 1 aromatic heterocycles. The van der Waals surface area contributed by atoms with E-state index in [0.717, 1.165) is 4.47 Å². The van der Waals surface area contributed by atoms with Crippen molar-refractivity contribution in [2.75, 3.05) is 5.73 Å². The summed E-state index contributed by atoms with van der Waals surface area (Å²) >= 11 is 9.09. The highest BCUT2D eigenvalue weighted by Gasteiger charge is 2.04. The topological polar surface area (TPSA) is 48.1 Å². The molecule has 2 rings (SSSR count). The van der Waals surface area contributed by atoms with Gasteiger partial charge in [-0.25, -0.2) is 4.98 Å². The van der Waals surface area contributed by atoms with Crippen LogP contribution < -0.4 is 10.5 Å². The second-order valence-electron chi connectivity index (χ2n) is 3.11. The van der Waals surface area contributed by atoms with Crippen LogP contribution in [0, 0.1) is 0 Å². The highest BCUT2D eigenvalue weighted by atomic mass is 79.9. The molecule has 1 heterocycles. The average Bonchev–Trinajstić information content (AvgIpc) is 2.27. The van der Waals surface area contributed by atoms with Gasteiger partial charge in [-0.1, -0.05) is 11.6 Å². The van der Waals surface area contributed by atoms with Crippen LogP contribution in [0.1, 0.15) is 0 Å². The number of nitrogen functional groups attached to an aromatic ring is 1. The van der Waals surface area contributed by atoms with Gasteiger partial charge in [-0.05, 0) is 34.1 Å². The molecule has 5 heteroatoms. The Hall–Kier alpha value is -1.26. The molecule has 0 saturated heterocycles. The number of aromatic nitrogens is 1. The van der Waals surface area contributed by atoms with E-state index < -0.39 is 0 Å². The standard InChI is InChI=1S/C11H8BrClN2O/c12-9-3-2-8(14)5-10(9)16-11-4-1-7(13)6-15-11/h1-6H,14H2. The summed E-state index contributed by atoms with van der Waals surface area (Å²) in [4.78, 5) is 4.03. The molecule has 0 radical (unpaired) electrons. The van der Waals surface area contributed by atoms with Gasteiger partial charge in [0.05, 0.1) is 9.50 Å². The molecular weight excluding hydrogens is 291 g/mol. The summed E-state index contributed by atoms with van der Waals surface area (Å²) in [5.74, 6) is 1.09. The fourth-order valence-electron chi connectivity index (χ4n) is 1.13. The van der Waals surface area contributed by atoms with Crippen LogP contribution in [0.3, 0.4) is 0 Å². The quantitative estimate of drug-likeness (QED) is 0.856. The van der Waals surface area contributed by atoms with E-state index in [2.05, 4.69) is 20.9 Å². The van der Waals surface area contributed by atoms with Gasteiger partial charge in [0.2, 0.25) is 5.88 Å². The fourth-order valence-corrected chi connectivity index (χ4v) is 1.57. The smallest absolute Gasteiger partial charge is 0.219 e. The van der Waals surface area contributed by atoms with Crippen molar-refractivity contribution in [1.82, 2.24) is 4.98 Å². The van der Waals surface area contributed by atoms with Gasteiger partial charge in [0.15, 0.2) is 0 Å². The van der Waals surface area contributed by atoms with Gasteiger partial charge in [0.1, 0.15) is 5.75 Å². The number of anilines is 1. The van der Waals surface area contributed by atoms with E-state index in [0.29, 0.717) is 22.3 Å². The number of hydrogen-bond donors (Lipinski definition) is 1. The lowest BCUT2D eigenvalue weighted by Crippen LogP contribution is -1.90. The van der Waals surface area contributed by atoms with Crippen LogP contribution in [-0.2, 0) is 0 Å². The number of ether oxygens (including phenoxy) is 1. The van der Waals surface area contributed by atoms with E-state index in [1.54, 1.807) is 24.3 Å². The Morgan fingerprint density at radius 3 is 2.75 bits per heavy atom. The summed E-state index contributed by atoms with van der Waals surface area (Å²) in [7, 11) is 0. The maximum Gasteiger partial charge on any atom is 0.219 e. The molecule has 0 aliphatic heterocycles. The third-order valence-electron chi connectivity index (χ3n) is 1.87. The molecule has 16 heavy (non-hydrogen) atoms. The van der Waals surface area contributed by atoms with E-state index in [-0.39, 0.29) is 0 Å². The number of nitrogens with zero attached hydrogens (tertiary/aromatic N) is 1. The van der Waals surface area contributed by atoms with E-state index in [4.69, 9.17) is 22.1 Å². The number of hydrogen-bond acceptors (Lipinski definition) is 3. The number of pyridine rings is 1. The molecular formula is C11H8BrClN2O. The Morgan fingerprint density at radius 2 is 2.06 bits per heavy atom. The zero-order chi connectivity index (χ0) is 11.5. The lowest BCUT2D eigenvalue weighted by atomic mass is 10.3. The largest absolute Gasteiger partial charge is 0.438 e. The van der Waals surface area contributed by atoms with Crippen LogP contribution in [-0.4, -0.2) is 4.98 Å². The third-order valence-corrected chi connectivity index (χ3v) is 2.75. The van der Waals surface area contributed by atoms with Gasteiger partial charge < -0.3 is 10.5 Å². The Kier molecular flexibility index (Phi) is 3.31. The zero-order valence-electron chi connectivity index (χ0n) is 8.15. The maximum absolute atomic E-state index is 5.72. The molecule has 0 fully saturated rings. The van der Waals surface area contributed by atoms with Gasteiger partial charge in [0, 0.05) is 24.0 Å². The van der Waals surface area contributed by atoms with Crippen molar-refractivity contribution in [3.63, 3.8) is 0 Å². The average molecular weight is 300 g/mol. The Labute approximate surface area is 106 Å². The van der Waals surface area contributed by atoms with Gasteiger partial charge in [-0.3, -0.25) is 0 Å². The second kappa shape index (κ2) is 4.72. The molecule has 0 atom stereocenters. The minimum absolute atomic E-state index is 0.468. The summed E-state index contributed by atoms with van der Waals surface area (Å²) in [5, 5.41) is 0.569. The van der Waals surface area contributed by atoms with Crippen LogP contribution in [0.4, 0.5) is 5.69 Å². The number of halogens is 2. The zero-order valence-corrected chi connectivity index (χ0v) is 10.5. The highest BCUT2D eigenvalue weighted by Crippen LogP contribution is 2.30. The van der Waals surface area contributed by atoms with Crippen molar-refractivity contribution in [1.29, 1.82) is 0 Å². The molecule has 0 spiro atoms. The SMILES string of the molecule is Nc1ccc(Br)c(Oc2ccc(Cl)cn2)c1. The maximum atomic E-state index is 5.72. The van der Waals surface area contributed by atoms with Crippen molar-refractivity contribution in [2.45, 2.75) is 0 Å².